The molecule has 0 bridgehead atoms. The van der Waals surface area contributed by atoms with Gasteiger partial charge in [0.05, 0.1) is 14.2 Å². The average molecular weight is 229 g/mol. The molecular formula is C8H15N5O3. The van der Waals surface area contributed by atoms with Crippen LogP contribution in [0.15, 0.2) is 18.2 Å². The monoisotopic (exact) mass is 229 g/mol. The minimum Gasteiger partial charge on any atom is -0.481 e. The predicted octanol–water partition coefficient (Wildman–Crippen LogP) is -0.787. The third-order valence-electron chi connectivity index (χ3n) is 1.37. The summed E-state index contributed by atoms with van der Waals surface area (Å²) in [6, 6.07) is 4.51. The van der Waals surface area contributed by atoms with E-state index in [0.29, 0.717) is 16.9 Å². The van der Waals surface area contributed by atoms with Gasteiger partial charge in [0, 0.05) is 12.1 Å². The highest BCUT2D eigenvalue weighted by atomic mass is 16.5. The number of aromatic nitrogens is 1. The molecule has 0 atom stereocenters. The summed E-state index contributed by atoms with van der Waals surface area (Å²) in [5, 5.41) is 0.306. The summed E-state index contributed by atoms with van der Waals surface area (Å²) in [7, 11) is 3.14. The number of hydrogen-bond donors (Lipinski definition) is 3. The molecule has 0 saturated heterocycles. The molecule has 1 heterocycles. The van der Waals surface area contributed by atoms with Crippen molar-refractivity contribution in [1.82, 2.24) is 10.1 Å². The molecular weight excluding hydrogens is 214 g/mol. The van der Waals surface area contributed by atoms with Crippen molar-refractivity contribution in [3.8, 4) is 11.8 Å². The number of ether oxygens (including phenoxy) is 2. The summed E-state index contributed by atoms with van der Waals surface area (Å²) >= 11 is 0. The third-order valence-corrected chi connectivity index (χ3v) is 1.37. The minimum absolute atomic E-state index is 0.306. The van der Waals surface area contributed by atoms with Gasteiger partial charge in [-0.05, 0) is 0 Å². The van der Waals surface area contributed by atoms with E-state index in [2.05, 4.69) is 22.4 Å². The Bertz CT molecular complexity index is 312. The maximum atomic E-state index is 9.60. The Morgan fingerprint density at radius 2 is 1.62 bits per heavy atom. The van der Waals surface area contributed by atoms with Crippen LogP contribution in [0.4, 0.5) is 4.79 Å². The van der Waals surface area contributed by atoms with Crippen molar-refractivity contribution in [2.75, 3.05) is 14.2 Å². The van der Waals surface area contributed by atoms with Gasteiger partial charge in [-0.3, -0.25) is 0 Å². The van der Waals surface area contributed by atoms with Crippen LogP contribution in [0.5, 0.6) is 11.8 Å². The maximum Gasteiger partial charge on any atom is 0.343 e. The number of amides is 2. The van der Waals surface area contributed by atoms with Gasteiger partial charge in [0.15, 0.2) is 0 Å². The first kappa shape index (κ1) is 13.9. The van der Waals surface area contributed by atoms with E-state index in [1.165, 1.54) is 0 Å². The van der Waals surface area contributed by atoms with Gasteiger partial charge >= 0.3 is 6.03 Å². The van der Waals surface area contributed by atoms with Gasteiger partial charge in [0.25, 0.3) is 0 Å². The zero-order valence-electron chi connectivity index (χ0n) is 9.08. The van der Waals surface area contributed by atoms with E-state index in [4.69, 9.17) is 9.47 Å². The topological polar surface area (TPSA) is 130 Å². The second kappa shape index (κ2) is 7.26. The van der Waals surface area contributed by atoms with Crippen molar-refractivity contribution >= 4 is 6.03 Å². The number of carbonyl (C=O) groups excluding carboxylic acids is 1. The van der Waals surface area contributed by atoms with Crippen LogP contribution in [0.25, 0.3) is 0 Å². The molecule has 8 nitrogen and oxygen atoms in total. The Labute approximate surface area is 92.9 Å². The molecule has 16 heavy (non-hydrogen) atoms. The molecule has 0 spiro atoms. The fourth-order valence-electron chi connectivity index (χ4n) is 0.623. The van der Waals surface area contributed by atoms with Crippen LogP contribution in [-0.2, 0) is 0 Å². The van der Waals surface area contributed by atoms with Crippen molar-refractivity contribution in [1.29, 1.82) is 0 Å². The molecule has 90 valence electrons. The molecule has 1 aromatic rings. The second-order valence-electron chi connectivity index (χ2n) is 2.47. The molecule has 0 fully saturated rings. The number of hydrogen-bond acceptors (Lipinski definition) is 6. The molecule has 0 saturated carbocycles. The average Bonchev–Trinajstić information content (AvgIpc) is 2.29. The lowest BCUT2D eigenvalue weighted by molar-refractivity contribution is 0.210. The number of rotatable bonds is 2. The van der Waals surface area contributed by atoms with Gasteiger partial charge in [0.2, 0.25) is 11.8 Å². The van der Waals surface area contributed by atoms with Crippen molar-refractivity contribution in [3.63, 3.8) is 0 Å². The number of pyridine rings is 1. The van der Waals surface area contributed by atoms with Gasteiger partial charge < -0.3 is 15.2 Å². The van der Waals surface area contributed by atoms with E-state index in [-0.39, 0.29) is 0 Å². The van der Waals surface area contributed by atoms with Crippen LogP contribution in [0.1, 0.15) is 0 Å². The largest absolute Gasteiger partial charge is 0.481 e. The molecule has 0 unspecified atom stereocenters. The lowest BCUT2D eigenvalue weighted by atomic mass is 10.5. The van der Waals surface area contributed by atoms with Gasteiger partial charge in [-0.1, -0.05) is 6.07 Å². The molecule has 1 aromatic heterocycles. The first-order chi connectivity index (χ1) is 7.51. The lowest BCUT2D eigenvalue weighted by Gasteiger charge is -2.00. The number of methoxy groups -OCH3 is 2. The first-order valence-corrected chi connectivity index (χ1v) is 4.15. The Morgan fingerprint density at radius 3 is 1.88 bits per heavy atom. The van der Waals surface area contributed by atoms with Gasteiger partial charge in [-0.15, -0.1) is 0 Å². The van der Waals surface area contributed by atoms with Crippen LogP contribution in [-0.4, -0.2) is 30.4 Å². The maximum absolute atomic E-state index is 9.60. The fraction of sp³-hybridized carbons (Fsp3) is 0.250. The first-order valence-electron chi connectivity index (χ1n) is 4.15. The van der Waals surface area contributed by atoms with Crippen molar-refractivity contribution in [3.05, 3.63) is 18.2 Å². The van der Waals surface area contributed by atoms with Gasteiger partial charge in [-0.2, -0.15) is 10.1 Å². The smallest absolute Gasteiger partial charge is 0.343 e. The summed E-state index contributed by atoms with van der Waals surface area (Å²) in [4.78, 5) is 13.6. The number of hydrazine groups is 2. The summed E-state index contributed by atoms with van der Waals surface area (Å²) in [5.41, 5.74) is 4.47. The Hall–Kier alpha value is -2.06. The highest BCUT2D eigenvalue weighted by Crippen LogP contribution is 2.11. The lowest BCUT2D eigenvalue weighted by Crippen LogP contribution is -2.46. The summed E-state index contributed by atoms with van der Waals surface area (Å²) < 4.78 is 9.73. The zero-order valence-corrected chi connectivity index (χ0v) is 9.08. The molecule has 1 rings (SSSR count). The van der Waals surface area contributed by atoms with Crippen molar-refractivity contribution in [2.24, 2.45) is 17.4 Å². The van der Waals surface area contributed by atoms with Crippen LogP contribution < -0.4 is 26.9 Å². The van der Waals surface area contributed by atoms with E-state index < -0.39 is 6.03 Å². The van der Waals surface area contributed by atoms with E-state index in [1.807, 2.05) is 6.07 Å². The standard InChI is InChI=1S/C7H9NO2.CH6N4O/c1-9-6-4-3-5-7(8-6)10-2;2-1(6)5(3)4/h3-5H,1-2H3;3-4H2,(H2,2,6). The number of nitrogens with zero attached hydrogens (tertiary/aromatic N) is 2. The van der Waals surface area contributed by atoms with E-state index in [1.54, 1.807) is 26.4 Å². The van der Waals surface area contributed by atoms with Gasteiger partial charge in [-0.25, -0.2) is 16.5 Å². The summed E-state index contributed by atoms with van der Waals surface area (Å²) in [6.07, 6.45) is 0. The Balaban J connectivity index is 0.000000325. The van der Waals surface area contributed by atoms with Crippen LogP contribution >= 0.6 is 0 Å². The Morgan fingerprint density at radius 1 is 1.25 bits per heavy atom. The van der Waals surface area contributed by atoms with Crippen LogP contribution in [0.3, 0.4) is 0 Å². The fourth-order valence-corrected chi connectivity index (χ4v) is 0.623. The van der Waals surface area contributed by atoms with E-state index in [0.717, 1.165) is 0 Å². The second-order valence-corrected chi connectivity index (χ2v) is 2.47. The third kappa shape index (κ3) is 5.62. The summed E-state index contributed by atoms with van der Waals surface area (Å²) in [6.45, 7) is 0. The predicted molar refractivity (Wildman–Crippen MR) is 57.1 cm³/mol. The van der Waals surface area contributed by atoms with Crippen LogP contribution in [0.2, 0.25) is 0 Å². The molecule has 0 aliphatic heterocycles. The molecule has 2 amide bonds. The number of nitrogens with two attached hydrogens (primary N) is 3. The molecule has 0 radical (unpaired) electrons. The zero-order chi connectivity index (χ0) is 12.6. The highest BCUT2D eigenvalue weighted by Gasteiger charge is 1.93. The quantitative estimate of drug-likeness (QED) is 0.346. The van der Waals surface area contributed by atoms with Crippen molar-refractivity contribution < 1.29 is 14.3 Å². The number of urea groups is 1. The minimum atomic E-state index is -0.852. The molecule has 6 N–H and O–H groups in total. The highest BCUT2D eigenvalue weighted by molar-refractivity contribution is 5.70. The molecule has 8 heteroatoms. The number of carbonyl (C=O) groups is 1. The van der Waals surface area contributed by atoms with E-state index in [9.17, 15) is 4.79 Å². The molecule has 0 aromatic carbocycles. The van der Waals surface area contributed by atoms with Crippen LogP contribution in [0, 0.1) is 0 Å². The van der Waals surface area contributed by atoms with Crippen molar-refractivity contribution in [2.45, 2.75) is 0 Å². The molecule has 0 aliphatic rings. The normalized spacial score (nSPS) is 8.50. The van der Waals surface area contributed by atoms with E-state index >= 15 is 0 Å². The Kier molecular flexibility index (Phi) is 6.33. The SMILES string of the molecule is COc1cccc(OC)n1.NC(=O)N(N)N. The summed E-state index contributed by atoms with van der Waals surface area (Å²) in [5.74, 6) is 10.3. The van der Waals surface area contributed by atoms with Gasteiger partial charge in [0.1, 0.15) is 0 Å². The number of primary amides is 1. The molecule has 0 aliphatic carbocycles.